The highest BCUT2D eigenvalue weighted by Gasteiger charge is 2.46. The third-order valence-corrected chi connectivity index (χ3v) is 11.5. The molecule has 0 radical (unpaired) electrons. The Balaban J connectivity index is 1.24. The molecule has 56 heavy (non-hydrogen) atoms. The molecule has 264 valence electrons. The summed E-state index contributed by atoms with van der Waals surface area (Å²) in [6, 6.07) is 74.1. The van der Waals surface area contributed by atoms with E-state index in [4.69, 9.17) is 9.98 Å². The summed E-state index contributed by atoms with van der Waals surface area (Å²) in [6.45, 7) is 0. The van der Waals surface area contributed by atoms with Crippen LogP contribution in [0.15, 0.2) is 216 Å². The van der Waals surface area contributed by atoms with E-state index in [1.807, 2.05) is 12.1 Å². The van der Waals surface area contributed by atoms with Crippen molar-refractivity contribution in [2.45, 2.75) is 11.6 Å². The van der Waals surface area contributed by atoms with Crippen LogP contribution in [0.4, 0.5) is 0 Å². The lowest BCUT2D eigenvalue weighted by molar-refractivity contribution is 0.745. The molecule has 8 aromatic carbocycles. The van der Waals surface area contributed by atoms with Crippen LogP contribution in [0.1, 0.15) is 39.5 Å². The maximum Gasteiger partial charge on any atom is 0.211 e. The van der Waals surface area contributed by atoms with E-state index >= 15 is 0 Å². The van der Waals surface area contributed by atoms with Crippen molar-refractivity contribution >= 4 is 33.6 Å². The van der Waals surface area contributed by atoms with Crippen molar-refractivity contribution < 1.29 is 0 Å². The van der Waals surface area contributed by atoms with Crippen LogP contribution in [-0.4, -0.2) is 16.4 Å². The number of hydrogen-bond acceptors (Lipinski definition) is 3. The number of hydrogen-bond donors (Lipinski definition) is 1. The first kappa shape index (κ1) is 32.2. The Morgan fingerprint density at radius 2 is 1.00 bits per heavy atom. The molecule has 0 amide bonds. The summed E-state index contributed by atoms with van der Waals surface area (Å²) in [4.78, 5) is 10.6. The topological polar surface area (TPSA) is 41.7 Å². The normalized spacial score (nSPS) is 15.5. The summed E-state index contributed by atoms with van der Waals surface area (Å²) in [7, 11) is 0. The Labute approximate surface area is 325 Å². The van der Waals surface area contributed by atoms with Gasteiger partial charge in [0.2, 0.25) is 5.96 Å². The van der Waals surface area contributed by atoms with Gasteiger partial charge in [-0.25, -0.2) is 9.98 Å². The minimum absolute atomic E-state index is 0.425. The van der Waals surface area contributed by atoms with Gasteiger partial charge in [-0.3, -0.25) is 4.57 Å². The molecule has 1 unspecified atom stereocenters. The fraction of sp³-hybridized carbons (Fsp3) is 0.0385. The zero-order valence-electron chi connectivity index (χ0n) is 30.5. The fourth-order valence-corrected chi connectivity index (χ4v) is 9.06. The van der Waals surface area contributed by atoms with E-state index in [0.717, 1.165) is 44.9 Å². The molecule has 2 aliphatic rings. The number of amidine groups is 1. The van der Waals surface area contributed by atoms with Gasteiger partial charge in [-0.05, 0) is 68.3 Å². The molecule has 0 bridgehead atoms. The minimum Gasteiger partial charge on any atom is -0.310 e. The molecule has 0 saturated heterocycles. The molecule has 4 heteroatoms. The van der Waals surface area contributed by atoms with E-state index in [1.165, 1.54) is 44.3 Å². The van der Waals surface area contributed by atoms with Gasteiger partial charge in [-0.2, -0.15) is 0 Å². The third-order valence-electron chi connectivity index (χ3n) is 11.5. The van der Waals surface area contributed by atoms with Crippen LogP contribution in [0.25, 0.3) is 44.1 Å². The monoisotopic (exact) mass is 716 g/mol. The van der Waals surface area contributed by atoms with Crippen LogP contribution in [0.2, 0.25) is 0 Å². The van der Waals surface area contributed by atoms with Crippen molar-refractivity contribution in [1.82, 2.24) is 9.88 Å². The number of aromatic nitrogens is 1. The highest BCUT2D eigenvalue weighted by molar-refractivity contribution is 6.20. The number of benzene rings is 8. The molecule has 0 spiro atoms. The molecule has 4 nitrogen and oxygen atoms in total. The Morgan fingerprint density at radius 3 is 1.68 bits per heavy atom. The maximum atomic E-state index is 5.42. The maximum absolute atomic E-state index is 5.42. The van der Waals surface area contributed by atoms with Gasteiger partial charge in [0, 0.05) is 16.3 Å². The van der Waals surface area contributed by atoms with Crippen molar-refractivity contribution in [2.24, 2.45) is 9.98 Å². The van der Waals surface area contributed by atoms with Gasteiger partial charge in [0.05, 0.1) is 16.4 Å². The predicted molar refractivity (Wildman–Crippen MR) is 230 cm³/mol. The molecule has 1 N–H and O–H groups in total. The summed E-state index contributed by atoms with van der Waals surface area (Å²) < 4.78 is 2.33. The number of rotatable bonds is 5. The molecule has 1 aromatic heterocycles. The van der Waals surface area contributed by atoms with E-state index < -0.39 is 11.6 Å². The van der Waals surface area contributed by atoms with Gasteiger partial charge in [0.15, 0.2) is 6.17 Å². The Hall–Kier alpha value is -7.30. The molecule has 1 aliphatic heterocycles. The van der Waals surface area contributed by atoms with E-state index in [-0.39, 0.29) is 0 Å². The standard InChI is InChI=1S/C52H36N4/c1-6-18-35(19-7-1)38-30-31-42-44-33-46-43(41-28-16-17-29-45(41)52(46,39-24-12-4-13-25-39)40-26-14-5-15-27-40)34-48(44)56(47(42)32-38)51-54-49(36-20-8-2-9-21-36)53-50(55-51)37-22-10-3-11-23-37/h1-34,49H,(H,53,54,55). The first-order chi connectivity index (χ1) is 27.8. The number of aliphatic imine (C=N–C) groups is 2. The van der Waals surface area contributed by atoms with E-state index in [9.17, 15) is 0 Å². The molecular weight excluding hydrogens is 681 g/mol. The smallest absolute Gasteiger partial charge is 0.211 e. The summed E-state index contributed by atoms with van der Waals surface area (Å²) >= 11 is 0. The van der Waals surface area contributed by atoms with Gasteiger partial charge in [-0.15, -0.1) is 0 Å². The summed E-state index contributed by atoms with van der Waals surface area (Å²) in [5.41, 5.74) is 13.6. The average Bonchev–Trinajstić information content (AvgIpc) is 3.76. The van der Waals surface area contributed by atoms with Crippen molar-refractivity contribution in [2.75, 3.05) is 0 Å². The second-order valence-electron chi connectivity index (χ2n) is 14.6. The average molecular weight is 717 g/mol. The van der Waals surface area contributed by atoms with Gasteiger partial charge in [0.1, 0.15) is 5.84 Å². The van der Waals surface area contributed by atoms with E-state index in [1.54, 1.807) is 0 Å². The Bertz CT molecular complexity index is 2930. The lowest BCUT2D eigenvalue weighted by atomic mass is 9.67. The Kier molecular flexibility index (Phi) is 7.42. The molecule has 9 aromatic rings. The van der Waals surface area contributed by atoms with Crippen molar-refractivity contribution in [3.05, 3.63) is 240 Å². The van der Waals surface area contributed by atoms with Crippen LogP contribution in [0.5, 0.6) is 0 Å². The molecule has 1 aliphatic carbocycles. The van der Waals surface area contributed by atoms with Gasteiger partial charge in [0.25, 0.3) is 0 Å². The summed E-state index contributed by atoms with van der Waals surface area (Å²) in [6.07, 6.45) is -0.425. The molecule has 1 atom stereocenters. The van der Waals surface area contributed by atoms with Gasteiger partial charge < -0.3 is 5.32 Å². The van der Waals surface area contributed by atoms with Crippen LogP contribution in [0, 0.1) is 0 Å². The molecular formula is C52H36N4. The quantitative estimate of drug-likeness (QED) is 0.189. The third kappa shape index (κ3) is 4.93. The fourth-order valence-electron chi connectivity index (χ4n) is 9.06. The number of nitrogens with zero attached hydrogens (tertiary/aromatic N) is 3. The zero-order valence-corrected chi connectivity index (χ0v) is 30.5. The first-order valence-electron chi connectivity index (χ1n) is 19.2. The van der Waals surface area contributed by atoms with Gasteiger partial charge in [-0.1, -0.05) is 188 Å². The highest BCUT2D eigenvalue weighted by Crippen LogP contribution is 2.57. The Morgan fingerprint density at radius 1 is 0.429 bits per heavy atom. The molecule has 0 saturated carbocycles. The SMILES string of the molecule is c1ccc(C2=NC(c3ccccc3)N=C(n3c4cc(-c5ccccc5)ccc4c4cc5c(cc43)-c3ccccc3C5(c3ccccc3)c3ccccc3)N2)cc1. The second kappa shape index (κ2) is 12.9. The van der Waals surface area contributed by atoms with E-state index in [2.05, 4.69) is 204 Å². The summed E-state index contributed by atoms with van der Waals surface area (Å²) in [5, 5.41) is 6.07. The number of nitrogens with one attached hydrogen (secondary N) is 1. The zero-order chi connectivity index (χ0) is 37.1. The molecule has 2 heterocycles. The van der Waals surface area contributed by atoms with Crippen LogP contribution in [0.3, 0.4) is 0 Å². The molecule has 11 rings (SSSR count). The summed E-state index contributed by atoms with van der Waals surface area (Å²) in [5.74, 6) is 1.53. The predicted octanol–water partition coefficient (Wildman–Crippen LogP) is 11.8. The number of fused-ring (bicyclic) bond motifs is 6. The van der Waals surface area contributed by atoms with E-state index in [0.29, 0.717) is 0 Å². The van der Waals surface area contributed by atoms with Crippen LogP contribution < -0.4 is 5.32 Å². The lowest BCUT2D eigenvalue weighted by Crippen LogP contribution is -2.39. The lowest BCUT2D eigenvalue weighted by Gasteiger charge is -2.34. The van der Waals surface area contributed by atoms with Crippen molar-refractivity contribution in [1.29, 1.82) is 0 Å². The first-order valence-corrected chi connectivity index (χ1v) is 19.2. The van der Waals surface area contributed by atoms with Gasteiger partial charge >= 0.3 is 0 Å². The largest absolute Gasteiger partial charge is 0.310 e. The minimum atomic E-state index is -0.507. The highest BCUT2D eigenvalue weighted by atomic mass is 15.3. The van der Waals surface area contributed by atoms with Crippen LogP contribution in [-0.2, 0) is 5.41 Å². The molecule has 0 fully saturated rings. The van der Waals surface area contributed by atoms with Crippen molar-refractivity contribution in [3.8, 4) is 22.3 Å². The second-order valence-corrected chi connectivity index (χ2v) is 14.6. The van der Waals surface area contributed by atoms with Crippen molar-refractivity contribution in [3.63, 3.8) is 0 Å². The van der Waals surface area contributed by atoms with Crippen LogP contribution >= 0.6 is 0 Å².